The van der Waals surface area contributed by atoms with Crippen molar-refractivity contribution in [2.75, 3.05) is 19.8 Å². The van der Waals surface area contributed by atoms with Crippen molar-refractivity contribution in [3.63, 3.8) is 0 Å². The lowest BCUT2D eigenvalue weighted by atomic mass is 9.78. The van der Waals surface area contributed by atoms with E-state index >= 15 is 0 Å². The molecule has 0 aromatic rings. The first-order chi connectivity index (χ1) is 15.3. The lowest BCUT2D eigenvalue weighted by Gasteiger charge is -2.41. The summed E-state index contributed by atoms with van der Waals surface area (Å²) in [6.07, 6.45) is 8.33. The van der Waals surface area contributed by atoms with Crippen LogP contribution in [-0.4, -0.2) is 82.3 Å². The third kappa shape index (κ3) is 3.30. The van der Waals surface area contributed by atoms with Crippen molar-refractivity contribution in [3.05, 3.63) is 24.3 Å². The van der Waals surface area contributed by atoms with Gasteiger partial charge in [0, 0.05) is 12.6 Å². The van der Waals surface area contributed by atoms with Gasteiger partial charge in [0.15, 0.2) is 0 Å². The van der Waals surface area contributed by atoms with Crippen molar-refractivity contribution in [3.8, 4) is 0 Å². The third-order valence-corrected chi connectivity index (χ3v) is 7.44. The van der Waals surface area contributed by atoms with Crippen molar-refractivity contribution >= 4 is 17.8 Å². The van der Waals surface area contributed by atoms with Crippen LogP contribution in [0.1, 0.15) is 40.5 Å². The normalized spacial score (nSPS) is 35.9. The minimum atomic E-state index is -1.27. The van der Waals surface area contributed by atoms with E-state index in [9.17, 15) is 19.5 Å². The van der Waals surface area contributed by atoms with Crippen LogP contribution in [0.5, 0.6) is 0 Å². The number of nitrogens with zero attached hydrogens (tertiary/aromatic N) is 2. The number of carbonyl (C=O) groups excluding carboxylic acids is 3. The third-order valence-electron chi connectivity index (χ3n) is 7.44. The zero-order valence-corrected chi connectivity index (χ0v) is 19.3. The number of cyclic esters (lactones) is 1. The Morgan fingerprint density at radius 2 is 1.94 bits per heavy atom. The fourth-order valence-electron chi connectivity index (χ4n) is 5.87. The maximum atomic E-state index is 14.0. The molecule has 2 fully saturated rings. The molecule has 2 amide bonds. The predicted octanol–water partition coefficient (Wildman–Crippen LogP) is 1.28. The van der Waals surface area contributed by atoms with E-state index in [0.29, 0.717) is 6.54 Å². The summed E-state index contributed by atoms with van der Waals surface area (Å²) in [4.78, 5) is 44.1. The van der Waals surface area contributed by atoms with Crippen LogP contribution in [0.4, 0.5) is 0 Å². The number of rotatable bonds is 6. The molecule has 4 aliphatic rings. The molecule has 1 spiro atoms. The number of fused-ring (bicyclic) bond motifs is 2. The molecule has 0 aliphatic carbocycles. The standard InChI is InChI=1S/C24H34N2O6/c1-5-8-15(4)25-11-7-10-24-19(18-17(32-24)9-6-12-31-23(18)30)21(28)26(20(24)22(25)29)16(13-27)14(2)3/h6-7,9-10,14-20,27H,5,8,11-13H2,1-4H3/t15?,16-,17-,18+,19-,20?,24-/m0/s1. The molecule has 2 saturated heterocycles. The molecule has 2 unspecified atom stereocenters. The van der Waals surface area contributed by atoms with Crippen molar-refractivity contribution in [1.29, 1.82) is 0 Å². The molecular weight excluding hydrogens is 412 g/mol. The van der Waals surface area contributed by atoms with E-state index in [1.165, 1.54) is 4.90 Å². The Hall–Kier alpha value is -2.19. The predicted molar refractivity (Wildman–Crippen MR) is 116 cm³/mol. The molecule has 0 radical (unpaired) electrons. The Balaban J connectivity index is 1.85. The first-order valence-electron chi connectivity index (χ1n) is 11.7. The van der Waals surface area contributed by atoms with E-state index in [4.69, 9.17) is 9.47 Å². The molecule has 7 atom stereocenters. The molecule has 4 aliphatic heterocycles. The summed E-state index contributed by atoms with van der Waals surface area (Å²) >= 11 is 0. The van der Waals surface area contributed by atoms with Crippen LogP contribution in [0.3, 0.4) is 0 Å². The molecule has 1 N–H and O–H groups in total. The summed E-state index contributed by atoms with van der Waals surface area (Å²) in [5.74, 6) is -2.79. The highest BCUT2D eigenvalue weighted by Gasteiger charge is 2.72. The summed E-state index contributed by atoms with van der Waals surface area (Å²) < 4.78 is 11.8. The lowest BCUT2D eigenvalue weighted by Crippen LogP contribution is -2.60. The summed E-state index contributed by atoms with van der Waals surface area (Å²) in [6, 6.07) is -1.51. The van der Waals surface area contributed by atoms with Crippen LogP contribution in [0.2, 0.25) is 0 Å². The summed E-state index contributed by atoms with van der Waals surface area (Å²) in [7, 11) is 0. The van der Waals surface area contributed by atoms with Crippen LogP contribution in [-0.2, 0) is 23.9 Å². The first-order valence-corrected chi connectivity index (χ1v) is 11.7. The number of aliphatic hydroxyl groups excluding tert-OH is 1. The van der Waals surface area contributed by atoms with Gasteiger partial charge in [0.2, 0.25) is 11.8 Å². The highest BCUT2D eigenvalue weighted by molar-refractivity contribution is 5.99. The number of aliphatic hydroxyl groups is 1. The molecular formula is C24H34N2O6. The van der Waals surface area contributed by atoms with E-state index in [-0.39, 0.29) is 37.0 Å². The monoisotopic (exact) mass is 446 g/mol. The number of amides is 2. The van der Waals surface area contributed by atoms with Crippen molar-refractivity contribution in [2.45, 2.75) is 70.4 Å². The topological polar surface area (TPSA) is 96.4 Å². The summed E-state index contributed by atoms with van der Waals surface area (Å²) in [6.45, 7) is 8.19. The van der Waals surface area contributed by atoms with Crippen molar-refractivity contribution in [2.24, 2.45) is 17.8 Å². The number of likely N-dealkylation sites (tertiary alicyclic amines) is 1. The minimum absolute atomic E-state index is 0.00771. The van der Waals surface area contributed by atoms with Gasteiger partial charge in [-0.15, -0.1) is 0 Å². The summed E-state index contributed by atoms with van der Waals surface area (Å²) in [5, 5.41) is 10.2. The Morgan fingerprint density at radius 3 is 2.59 bits per heavy atom. The smallest absolute Gasteiger partial charge is 0.313 e. The van der Waals surface area contributed by atoms with Gasteiger partial charge in [-0.3, -0.25) is 14.4 Å². The van der Waals surface area contributed by atoms with Gasteiger partial charge in [-0.05, 0) is 25.3 Å². The second-order valence-electron chi connectivity index (χ2n) is 9.67. The van der Waals surface area contributed by atoms with Gasteiger partial charge < -0.3 is 24.4 Å². The molecule has 0 bridgehead atoms. The molecule has 8 heteroatoms. The fraction of sp³-hybridized carbons (Fsp3) is 0.708. The second kappa shape index (κ2) is 8.63. The molecule has 4 rings (SSSR count). The molecule has 32 heavy (non-hydrogen) atoms. The van der Waals surface area contributed by atoms with Gasteiger partial charge in [-0.1, -0.05) is 45.4 Å². The van der Waals surface area contributed by atoms with Crippen LogP contribution < -0.4 is 0 Å². The van der Waals surface area contributed by atoms with Gasteiger partial charge in [0.05, 0.1) is 24.7 Å². The molecule has 4 heterocycles. The molecule has 8 nitrogen and oxygen atoms in total. The van der Waals surface area contributed by atoms with Crippen molar-refractivity contribution < 1.29 is 29.0 Å². The van der Waals surface area contributed by atoms with Crippen LogP contribution in [0.15, 0.2) is 24.3 Å². The van der Waals surface area contributed by atoms with E-state index in [1.54, 1.807) is 17.1 Å². The second-order valence-corrected chi connectivity index (χ2v) is 9.67. The quantitative estimate of drug-likeness (QED) is 0.488. The average Bonchev–Trinajstić information content (AvgIpc) is 3.03. The number of ether oxygens (including phenoxy) is 2. The molecule has 0 aromatic carbocycles. The highest BCUT2D eigenvalue weighted by atomic mass is 16.6. The minimum Gasteiger partial charge on any atom is -0.461 e. The largest absolute Gasteiger partial charge is 0.461 e. The Morgan fingerprint density at radius 1 is 1.19 bits per heavy atom. The molecule has 0 saturated carbocycles. The van der Waals surface area contributed by atoms with Gasteiger partial charge in [-0.2, -0.15) is 0 Å². The van der Waals surface area contributed by atoms with E-state index in [2.05, 4.69) is 6.92 Å². The van der Waals surface area contributed by atoms with Gasteiger partial charge >= 0.3 is 5.97 Å². The Bertz CT molecular complexity index is 838. The number of hydrogen-bond acceptors (Lipinski definition) is 6. The van der Waals surface area contributed by atoms with E-state index in [0.717, 1.165) is 12.8 Å². The highest BCUT2D eigenvalue weighted by Crippen LogP contribution is 2.54. The SMILES string of the molecule is CCCC(C)N1CC=C[C@]23O[C@H]4C=CCOC(=O)[C@H]4[C@H]2C(=O)N([C@@H](CO)C(C)C)C3C1=O. The summed E-state index contributed by atoms with van der Waals surface area (Å²) in [5.41, 5.74) is -1.27. The molecule has 176 valence electrons. The zero-order valence-electron chi connectivity index (χ0n) is 19.3. The average molecular weight is 447 g/mol. The maximum absolute atomic E-state index is 14.0. The van der Waals surface area contributed by atoms with Gasteiger partial charge in [-0.25, -0.2) is 0 Å². The van der Waals surface area contributed by atoms with Crippen LogP contribution >= 0.6 is 0 Å². The van der Waals surface area contributed by atoms with Crippen molar-refractivity contribution in [1.82, 2.24) is 9.80 Å². The Labute approximate surface area is 189 Å². The van der Waals surface area contributed by atoms with Gasteiger partial charge in [0.1, 0.15) is 24.2 Å². The van der Waals surface area contributed by atoms with Crippen LogP contribution in [0.25, 0.3) is 0 Å². The fourth-order valence-corrected chi connectivity index (χ4v) is 5.87. The van der Waals surface area contributed by atoms with Gasteiger partial charge in [0.25, 0.3) is 0 Å². The maximum Gasteiger partial charge on any atom is 0.313 e. The van der Waals surface area contributed by atoms with E-state index in [1.807, 2.05) is 32.9 Å². The lowest BCUT2D eigenvalue weighted by molar-refractivity contribution is -0.156. The first kappa shape index (κ1) is 23.0. The number of esters is 1. The Kier molecular flexibility index (Phi) is 6.20. The molecule has 0 aromatic heterocycles. The number of hydrogen-bond donors (Lipinski definition) is 1. The van der Waals surface area contributed by atoms with E-state index < -0.39 is 41.6 Å². The zero-order chi connectivity index (χ0) is 23.2. The van der Waals surface area contributed by atoms with Crippen LogP contribution in [0, 0.1) is 17.8 Å². The number of carbonyl (C=O) groups is 3.